The Kier molecular flexibility index (Phi) is 11.3. The van der Waals surface area contributed by atoms with E-state index in [1.807, 2.05) is 81.4 Å². The zero-order valence-corrected chi connectivity index (χ0v) is 24.7. The van der Waals surface area contributed by atoms with Gasteiger partial charge in [-0.1, -0.05) is 79.7 Å². The largest absolute Gasteiger partial charge is 0.352 e. The van der Waals surface area contributed by atoms with Crippen molar-refractivity contribution in [2.45, 2.75) is 65.1 Å². The fourth-order valence-corrected chi connectivity index (χ4v) is 5.53. The maximum Gasteiger partial charge on any atom is 0.243 e. The lowest BCUT2D eigenvalue weighted by Gasteiger charge is -2.33. The van der Waals surface area contributed by atoms with Crippen molar-refractivity contribution >= 4 is 27.5 Å². The Labute approximate surface area is 239 Å². The smallest absolute Gasteiger partial charge is 0.243 e. The fraction of sp³-hybridized carbons (Fsp3) is 0.375. The molecule has 0 saturated carbocycles. The monoisotopic (exact) mass is 563 g/mol. The number of nitrogens with one attached hydrogen (secondary N) is 1. The van der Waals surface area contributed by atoms with Gasteiger partial charge < -0.3 is 10.2 Å². The summed E-state index contributed by atoms with van der Waals surface area (Å²) in [6, 6.07) is 25.7. The van der Waals surface area contributed by atoms with E-state index < -0.39 is 16.1 Å². The molecule has 214 valence electrons. The molecule has 7 nitrogen and oxygen atoms in total. The molecule has 0 aliphatic heterocycles. The molecule has 1 N–H and O–H groups in total. The molecule has 3 aromatic carbocycles. The highest BCUT2D eigenvalue weighted by atomic mass is 32.2. The Balaban J connectivity index is 1.89. The highest BCUT2D eigenvalue weighted by Crippen LogP contribution is 2.21. The molecule has 0 unspecified atom stereocenters. The van der Waals surface area contributed by atoms with E-state index in [1.54, 1.807) is 29.2 Å². The fourth-order valence-electron chi connectivity index (χ4n) is 4.56. The van der Waals surface area contributed by atoms with E-state index in [-0.39, 0.29) is 37.4 Å². The van der Waals surface area contributed by atoms with Crippen molar-refractivity contribution in [3.8, 4) is 0 Å². The summed E-state index contributed by atoms with van der Waals surface area (Å²) in [4.78, 5) is 29.2. The Bertz CT molecular complexity index is 1350. The van der Waals surface area contributed by atoms with Crippen LogP contribution in [0.25, 0.3) is 0 Å². The van der Waals surface area contributed by atoms with Crippen molar-refractivity contribution < 1.29 is 18.0 Å². The third-order valence-electron chi connectivity index (χ3n) is 7.07. The van der Waals surface area contributed by atoms with Crippen molar-refractivity contribution in [3.63, 3.8) is 0 Å². The summed E-state index contributed by atoms with van der Waals surface area (Å²) in [5, 5.41) is 3.08. The SMILES string of the molecule is CC[C@H](C)NC(=O)[C@H](Cc1ccccc1)N(Cc1ccccc1C)C(=O)CCCN(c1ccccc1)S(C)(=O)=O. The minimum absolute atomic E-state index is 0.0321. The first-order chi connectivity index (χ1) is 19.1. The van der Waals surface area contributed by atoms with Crippen LogP contribution in [0.15, 0.2) is 84.9 Å². The molecule has 0 heterocycles. The first-order valence-corrected chi connectivity index (χ1v) is 15.7. The molecule has 0 aliphatic carbocycles. The standard InChI is InChI=1S/C32H41N3O4S/c1-5-26(3)33-32(37)30(23-27-16-8-6-9-17-27)34(24-28-18-13-12-15-25(28)2)31(36)21-14-22-35(40(4,38)39)29-19-10-7-11-20-29/h6-13,15-20,26,30H,5,14,21-24H2,1-4H3,(H,33,37)/t26-,30-/m0/s1. The number of hydrogen-bond donors (Lipinski definition) is 1. The van der Waals surface area contributed by atoms with Gasteiger partial charge in [-0.3, -0.25) is 13.9 Å². The summed E-state index contributed by atoms with van der Waals surface area (Å²) in [5.41, 5.74) is 3.52. The number of anilines is 1. The first kappa shape index (κ1) is 30.9. The third kappa shape index (κ3) is 8.95. The molecule has 3 aromatic rings. The van der Waals surface area contributed by atoms with Crippen molar-refractivity contribution in [1.29, 1.82) is 0 Å². The summed E-state index contributed by atoms with van der Waals surface area (Å²) in [6.07, 6.45) is 2.74. The number of para-hydroxylation sites is 1. The number of aryl methyl sites for hydroxylation is 1. The second kappa shape index (κ2) is 14.7. The molecule has 0 aromatic heterocycles. The van der Waals surface area contributed by atoms with E-state index in [1.165, 1.54) is 10.6 Å². The zero-order valence-electron chi connectivity index (χ0n) is 23.9. The van der Waals surface area contributed by atoms with Gasteiger partial charge in [-0.15, -0.1) is 0 Å². The summed E-state index contributed by atoms with van der Waals surface area (Å²) >= 11 is 0. The van der Waals surface area contributed by atoms with Crippen molar-refractivity contribution in [3.05, 3.63) is 102 Å². The van der Waals surface area contributed by atoms with Gasteiger partial charge in [-0.2, -0.15) is 0 Å². The Morgan fingerprint density at radius 1 is 0.900 bits per heavy atom. The lowest BCUT2D eigenvalue weighted by molar-refractivity contribution is -0.141. The minimum Gasteiger partial charge on any atom is -0.352 e. The van der Waals surface area contributed by atoms with Gasteiger partial charge >= 0.3 is 0 Å². The lowest BCUT2D eigenvalue weighted by Crippen LogP contribution is -2.52. The molecule has 0 bridgehead atoms. The van der Waals surface area contributed by atoms with Gasteiger partial charge in [0.1, 0.15) is 6.04 Å². The van der Waals surface area contributed by atoms with Crippen LogP contribution in [0.1, 0.15) is 49.8 Å². The second-order valence-electron chi connectivity index (χ2n) is 10.2. The van der Waals surface area contributed by atoms with E-state index >= 15 is 0 Å². The summed E-state index contributed by atoms with van der Waals surface area (Å²) in [5.74, 6) is -0.382. The van der Waals surface area contributed by atoms with E-state index in [9.17, 15) is 18.0 Å². The Morgan fingerprint density at radius 2 is 1.50 bits per heavy atom. The Hall–Kier alpha value is -3.65. The molecule has 0 radical (unpaired) electrons. The van der Waals surface area contributed by atoms with Gasteiger partial charge in [0.15, 0.2) is 0 Å². The van der Waals surface area contributed by atoms with Gasteiger partial charge in [-0.05, 0) is 55.5 Å². The van der Waals surface area contributed by atoms with E-state index in [0.717, 1.165) is 23.1 Å². The number of amides is 2. The summed E-state index contributed by atoms with van der Waals surface area (Å²) < 4.78 is 26.4. The Morgan fingerprint density at radius 3 is 2.10 bits per heavy atom. The van der Waals surface area contributed by atoms with Gasteiger partial charge in [0.25, 0.3) is 0 Å². The second-order valence-corrected chi connectivity index (χ2v) is 12.2. The highest BCUT2D eigenvalue weighted by Gasteiger charge is 2.31. The van der Waals surface area contributed by atoms with Crippen LogP contribution in [0.4, 0.5) is 5.69 Å². The number of benzene rings is 3. The van der Waals surface area contributed by atoms with E-state index in [0.29, 0.717) is 18.5 Å². The van der Waals surface area contributed by atoms with Crippen LogP contribution in [0.3, 0.4) is 0 Å². The first-order valence-electron chi connectivity index (χ1n) is 13.8. The highest BCUT2D eigenvalue weighted by molar-refractivity contribution is 7.92. The molecule has 0 fully saturated rings. The van der Waals surface area contributed by atoms with Gasteiger partial charge in [0, 0.05) is 32.0 Å². The lowest BCUT2D eigenvalue weighted by atomic mass is 10.0. The quantitative estimate of drug-likeness (QED) is 0.296. The number of rotatable bonds is 14. The van der Waals surface area contributed by atoms with Crippen LogP contribution in [0, 0.1) is 6.92 Å². The average Bonchev–Trinajstić information content (AvgIpc) is 2.94. The number of carbonyl (C=O) groups excluding carboxylic acids is 2. The number of sulfonamides is 1. The number of hydrogen-bond acceptors (Lipinski definition) is 4. The molecule has 8 heteroatoms. The van der Waals surface area contributed by atoms with Crippen LogP contribution in [-0.2, 0) is 32.6 Å². The van der Waals surface area contributed by atoms with Gasteiger partial charge in [0.05, 0.1) is 11.9 Å². The molecule has 0 spiro atoms. The third-order valence-corrected chi connectivity index (χ3v) is 8.26. The molecular weight excluding hydrogens is 522 g/mol. The average molecular weight is 564 g/mol. The molecule has 3 rings (SSSR count). The van der Waals surface area contributed by atoms with Crippen molar-refractivity contribution in [1.82, 2.24) is 10.2 Å². The van der Waals surface area contributed by atoms with Crippen LogP contribution in [0.2, 0.25) is 0 Å². The normalized spacial score (nSPS) is 12.8. The minimum atomic E-state index is -3.53. The van der Waals surface area contributed by atoms with Crippen LogP contribution in [0.5, 0.6) is 0 Å². The molecule has 0 aliphatic rings. The summed E-state index contributed by atoms with van der Waals surface area (Å²) in [6.45, 7) is 6.40. The maximum atomic E-state index is 13.9. The maximum absolute atomic E-state index is 13.9. The summed E-state index contributed by atoms with van der Waals surface area (Å²) in [7, 11) is -3.53. The predicted molar refractivity (Wildman–Crippen MR) is 161 cm³/mol. The van der Waals surface area contributed by atoms with Crippen LogP contribution < -0.4 is 9.62 Å². The molecule has 2 amide bonds. The molecule has 2 atom stereocenters. The number of carbonyl (C=O) groups is 2. The molecule has 0 saturated heterocycles. The number of nitrogens with zero attached hydrogens (tertiary/aromatic N) is 2. The predicted octanol–water partition coefficient (Wildman–Crippen LogP) is 5.10. The topological polar surface area (TPSA) is 86.8 Å². The van der Waals surface area contributed by atoms with Crippen molar-refractivity contribution in [2.24, 2.45) is 0 Å². The zero-order chi connectivity index (χ0) is 29.1. The van der Waals surface area contributed by atoms with E-state index in [4.69, 9.17) is 0 Å². The van der Waals surface area contributed by atoms with Crippen LogP contribution >= 0.6 is 0 Å². The van der Waals surface area contributed by atoms with Crippen LogP contribution in [-0.4, -0.2) is 50.0 Å². The van der Waals surface area contributed by atoms with Crippen molar-refractivity contribution in [2.75, 3.05) is 17.1 Å². The van der Waals surface area contributed by atoms with Gasteiger partial charge in [0.2, 0.25) is 21.8 Å². The molecule has 40 heavy (non-hydrogen) atoms. The molecular formula is C32H41N3O4S. The van der Waals surface area contributed by atoms with E-state index in [2.05, 4.69) is 5.32 Å². The van der Waals surface area contributed by atoms with Gasteiger partial charge in [-0.25, -0.2) is 8.42 Å².